The van der Waals surface area contributed by atoms with Gasteiger partial charge < -0.3 is 10.4 Å². The van der Waals surface area contributed by atoms with Gasteiger partial charge in [-0.15, -0.1) is 0 Å². The van der Waals surface area contributed by atoms with Crippen LogP contribution in [0.2, 0.25) is 0 Å². The number of fused-ring (bicyclic) bond motifs is 1. The first-order chi connectivity index (χ1) is 6.58. The molecule has 1 aliphatic rings. The lowest BCUT2D eigenvalue weighted by molar-refractivity contribution is 0.118. The van der Waals surface area contributed by atoms with Crippen LogP contribution in [0.1, 0.15) is 23.3 Å². The third-order valence-corrected chi connectivity index (χ3v) is 2.22. The second kappa shape index (κ2) is 3.16. The van der Waals surface area contributed by atoms with Crippen LogP contribution in [-0.2, 0) is 0 Å². The van der Waals surface area contributed by atoms with E-state index >= 15 is 0 Å². The Kier molecular flexibility index (Phi) is 2.10. The number of nitrogens with zero attached hydrogens (tertiary/aromatic N) is 2. The Hall–Kier alpha value is -1.24. The smallest absolute Gasteiger partial charge is 0.154 e. The van der Waals surface area contributed by atoms with Crippen LogP contribution in [0.4, 0.5) is 5.82 Å². The molecule has 2 heterocycles. The first-order valence-corrected chi connectivity index (χ1v) is 4.39. The van der Waals surface area contributed by atoms with Gasteiger partial charge in [-0.3, -0.25) is 11.1 Å². The zero-order valence-electron chi connectivity index (χ0n) is 8.07. The van der Waals surface area contributed by atoms with Gasteiger partial charge in [0.25, 0.3) is 0 Å². The number of aliphatic hydroxyl groups is 1. The molecular weight excluding hydrogens is 182 g/mol. The van der Waals surface area contributed by atoms with Crippen molar-refractivity contribution in [3.63, 3.8) is 0 Å². The number of aliphatic hydroxyl groups excluding tert-OH is 1. The zero-order chi connectivity index (χ0) is 10.3. The van der Waals surface area contributed by atoms with Crippen molar-refractivity contribution in [3.05, 3.63) is 17.1 Å². The fraction of sp³-hybridized carbons (Fsp3) is 0.500. The van der Waals surface area contributed by atoms with Crippen molar-refractivity contribution in [2.75, 3.05) is 5.32 Å². The molecule has 2 atom stereocenters. The molecule has 1 aromatic rings. The maximum absolute atomic E-state index is 9.61. The van der Waals surface area contributed by atoms with E-state index in [1.54, 1.807) is 0 Å². The van der Waals surface area contributed by atoms with E-state index in [1.807, 2.05) is 13.8 Å². The van der Waals surface area contributed by atoms with Crippen LogP contribution in [0.5, 0.6) is 0 Å². The molecule has 2 rings (SSSR count). The lowest BCUT2D eigenvalue weighted by Gasteiger charge is -2.28. The Balaban J connectivity index is 2.49. The Morgan fingerprint density at radius 2 is 1.93 bits per heavy atom. The van der Waals surface area contributed by atoms with E-state index in [1.165, 1.54) is 0 Å². The van der Waals surface area contributed by atoms with Crippen LogP contribution in [0.25, 0.3) is 0 Å². The van der Waals surface area contributed by atoms with Crippen LogP contribution < -0.4 is 16.4 Å². The van der Waals surface area contributed by atoms with Crippen molar-refractivity contribution in [1.82, 2.24) is 15.3 Å². The van der Waals surface area contributed by atoms with Crippen molar-refractivity contribution in [3.8, 4) is 0 Å². The van der Waals surface area contributed by atoms with Gasteiger partial charge in [-0.25, -0.2) is 9.97 Å². The standard InChI is InChI=1S/C8H13N5O/c1-3-4(2)11-6-5(10-3)7(14)13-8(9)12-6/h7-8,13-14H,9H2,1-2H3,(H,11,12). The summed E-state index contributed by atoms with van der Waals surface area (Å²) in [5.74, 6) is 0.548. The van der Waals surface area contributed by atoms with Crippen LogP contribution in [0, 0.1) is 13.8 Å². The minimum atomic E-state index is -0.854. The average molecular weight is 195 g/mol. The van der Waals surface area contributed by atoms with Gasteiger partial charge >= 0.3 is 0 Å². The third-order valence-electron chi connectivity index (χ3n) is 2.22. The highest BCUT2D eigenvalue weighted by Gasteiger charge is 2.24. The van der Waals surface area contributed by atoms with E-state index in [-0.39, 0.29) is 0 Å². The summed E-state index contributed by atoms with van der Waals surface area (Å²) in [6.07, 6.45) is -1.35. The minimum absolute atomic E-state index is 0.492. The van der Waals surface area contributed by atoms with Gasteiger partial charge in [0.05, 0.1) is 11.4 Å². The van der Waals surface area contributed by atoms with Gasteiger partial charge in [0.15, 0.2) is 12.0 Å². The molecule has 1 aromatic heterocycles. The van der Waals surface area contributed by atoms with Gasteiger partial charge in [-0.2, -0.15) is 0 Å². The number of nitrogens with two attached hydrogens (primary N) is 1. The fourth-order valence-corrected chi connectivity index (χ4v) is 1.36. The Bertz CT molecular complexity index is 367. The summed E-state index contributed by atoms with van der Waals surface area (Å²) in [7, 11) is 0. The minimum Gasteiger partial charge on any atom is -0.372 e. The van der Waals surface area contributed by atoms with Crippen molar-refractivity contribution in [2.24, 2.45) is 5.73 Å². The largest absolute Gasteiger partial charge is 0.372 e. The zero-order valence-corrected chi connectivity index (χ0v) is 8.07. The van der Waals surface area contributed by atoms with Crippen molar-refractivity contribution >= 4 is 5.82 Å². The molecule has 0 saturated heterocycles. The molecule has 1 aliphatic heterocycles. The quantitative estimate of drug-likeness (QED) is 0.439. The Morgan fingerprint density at radius 1 is 1.29 bits per heavy atom. The summed E-state index contributed by atoms with van der Waals surface area (Å²) in [4.78, 5) is 8.50. The molecule has 0 aliphatic carbocycles. The highest BCUT2D eigenvalue weighted by atomic mass is 16.3. The highest BCUT2D eigenvalue weighted by Crippen LogP contribution is 2.22. The van der Waals surface area contributed by atoms with Crippen molar-refractivity contribution in [1.29, 1.82) is 0 Å². The van der Waals surface area contributed by atoms with Crippen LogP contribution >= 0.6 is 0 Å². The van der Waals surface area contributed by atoms with Gasteiger partial charge in [0.2, 0.25) is 0 Å². The summed E-state index contributed by atoms with van der Waals surface area (Å²) >= 11 is 0. The molecule has 6 heteroatoms. The predicted molar refractivity (Wildman–Crippen MR) is 51.2 cm³/mol. The lowest BCUT2D eigenvalue weighted by Crippen LogP contribution is -2.50. The highest BCUT2D eigenvalue weighted by molar-refractivity contribution is 5.45. The second-order valence-electron chi connectivity index (χ2n) is 3.32. The molecule has 76 valence electrons. The molecule has 5 N–H and O–H groups in total. The number of rotatable bonds is 0. The van der Waals surface area contributed by atoms with Crippen molar-refractivity contribution in [2.45, 2.75) is 26.4 Å². The van der Waals surface area contributed by atoms with Crippen LogP contribution in [-0.4, -0.2) is 21.4 Å². The van der Waals surface area contributed by atoms with E-state index in [2.05, 4.69) is 20.6 Å². The number of hydrogen-bond donors (Lipinski definition) is 4. The van der Waals surface area contributed by atoms with Gasteiger partial charge in [0.1, 0.15) is 12.0 Å². The van der Waals surface area contributed by atoms with E-state index in [0.29, 0.717) is 11.5 Å². The lowest BCUT2D eigenvalue weighted by atomic mass is 10.2. The van der Waals surface area contributed by atoms with Crippen LogP contribution in [0.15, 0.2) is 0 Å². The third kappa shape index (κ3) is 1.43. The molecule has 14 heavy (non-hydrogen) atoms. The number of anilines is 1. The van der Waals surface area contributed by atoms with E-state index < -0.39 is 12.5 Å². The molecular formula is C8H13N5O. The molecule has 0 radical (unpaired) electrons. The molecule has 0 amide bonds. The number of aryl methyl sites for hydroxylation is 2. The van der Waals surface area contributed by atoms with Gasteiger partial charge in [0, 0.05) is 0 Å². The van der Waals surface area contributed by atoms with E-state index in [0.717, 1.165) is 11.4 Å². The molecule has 2 unspecified atom stereocenters. The topological polar surface area (TPSA) is 96.1 Å². The monoisotopic (exact) mass is 195 g/mol. The number of nitrogens with one attached hydrogen (secondary N) is 2. The SMILES string of the molecule is Cc1nc2c(nc1C)C(O)NC(N)N2. The predicted octanol–water partition coefficient (Wildman–Crippen LogP) is -0.658. The fourth-order valence-electron chi connectivity index (χ4n) is 1.36. The Morgan fingerprint density at radius 3 is 2.64 bits per heavy atom. The maximum Gasteiger partial charge on any atom is 0.154 e. The van der Waals surface area contributed by atoms with Crippen LogP contribution in [0.3, 0.4) is 0 Å². The van der Waals surface area contributed by atoms with E-state index in [4.69, 9.17) is 5.73 Å². The normalized spacial score (nSPS) is 25.4. The average Bonchev–Trinajstić information content (AvgIpc) is 2.08. The summed E-state index contributed by atoms with van der Waals surface area (Å²) in [6, 6.07) is 0. The number of hydrogen-bond acceptors (Lipinski definition) is 6. The summed E-state index contributed by atoms with van der Waals surface area (Å²) in [6.45, 7) is 3.72. The Labute approximate surface area is 81.6 Å². The molecule has 0 spiro atoms. The maximum atomic E-state index is 9.61. The number of aromatic nitrogens is 2. The second-order valence-corrected chi connectivity index (χ2v) is 3.32. The molecule has 6 nitrogen and oxygen atoms in total. The summed E-state index contributed by atoms with van der Waals surface area (Å²) in [5.41, 5.74) is 7.71. The van der Waals surface area contributed by atoms with Crippen molar-refractivity contribution < 1.29 is 5.11 Å². The summed E-state index contributed by atoms with van der Waals surface area (Å²) < 4.78 is 0. The molecule has 0 saturated carbocycles. The van der Waals surface area contributed by atoms with Gasteiger partial charge in [-0.1, -0.05) is 0 Å². The first kappa shape index (κ1) is 9.32. The van der Waals surface area contributed by atoms with Gasteiger partial charge in [-0.05, 0) is 13.8 Å². The molecule has 0 fully saturated rings. The molecule has 0 bridgehead atoms. The molecule has 0 aromatic carbocycles. The van der Waals surface area contributed by atoms with E-state index in [9.17, 15) is 5.11 Å². The summed E-state index contributed by atoms with van der Waals surface area (Å²) in [5, 5.41) is 15.2. The first-order valence-electron chi connectivity index (χ1n) is 4.39.